The van der Waals surface area contributed by atoms with Crippen LogP contribution in [-0.2, 0) is 0 Å². The lowest BCUT2D eigenvalue weighted by molar-refractivity contribution is 0.0577. The Balaban J connectivity index is 3.11. The van der Waals surface area contributed by atoms with Crippen LogP contribution in [0.1, 0.15) is 59.8 Å². The van der Waals surface area contributed by atoms with Gasteiger partial charge in [-0.2, -0.15) is 12.6 Å². The molecular weight excluding hydrogens is 274 g/mol. The fraction of sp³-hybridized carbons (Fsp3) is 0.895. The van der Waals surface area contributed by atoms with Gasteiger partial charge in [0.15, 0.2) is 0 Å². The summed E-state index contributed by atoms with van der Waals surface area (Å²) < 4.78 is 0. The molecule has 1 aliphatic carbocycles. The minimum atomic E-state index is 0.297. The molecule has 0 aliphatic heterocycles. The van der Waals surface area contributed by atoms with Crippen LogP contribution >= 0.6 is 12.6 Å². The molecule has 4 unspecified atom stereocenters. The number of hydrogen-bond acceptors (Lipinski definition) is 2. The van der Waals surface area contributed by atoms with E-state index in [1.165, 1.54) is 32.1 Å². The van der Waals surface area contributed by atoms with Gasteiger partial charge < -0.3 is 5.32 Å². The van der Waals surface area contributed by atoms with Crippen LogP contribution in [-0.4, -0.2) is 18.8 Å². The Bertz CT molecular complexity index is 313. The summed E-state index contributed by atoms with van der Waals surface area (Å²) in [4.78, 5) is 0. The van der Waals surface area contributed by atoms with E-state index in [0.717, 1.165) is 12.5 Å². The van der Waals surface area contributed by atoms with Gasteiger partial charge in [0.2, 0.25) is 0 Å². The van der Waals surface area contributed by atoms with E-state index in [1.54, 1.807) is 0 Å². The lowest BCUT2D eigenvalue weighted by Gasteiger charge is -2.50. The molecule has 1 N–H and O–H groups in total. The molecule has 0 heterocycles. The molecule has 0 amide bonds. The van der Waals surface area contributed by atoms with Gasteiger partial charge in [-0.1, -0.05) is 40.2 Å². The third kappa shape index (κ3) is 4.51. The highest BCUT2D eigenvalue weighted by atomic mass is 32.1. The van der Waals surface area contributed by atoms with Gasteiger partial charge >= 0.3 is 0 Å². The van der Waals surface area contributed by atoms with E-state index in [2.05, 4.69) is 52.7 Å². The number of nitrogens with one attached hydrogen (secondary N) is 1. The molecule has 4 atom stereocenters. The monoisotopic (exact) mass is 311 g/mol. The van der Waals surface area contributed by atoms with Crippen molar-refractivity contribution >= 4 is 12.6 Å². The first-order chi connectivity index (χ1) is 9.88. The lowest BCUT2D eigenvalue weighted by Crippen LogP contribution is -2.46. The summed E-state index contributed by atoms with van der Waals surface area (Å²) in [6, 6.07) is 0. The van der Waals surface area contributed by atoms with Crippen molar-refractivity contribution in [3.8, 4) is 0 Å². The molecule has 0 aromatic heterocycles. The molecule has 1 fully saturated rings. The zero-order valence-corrected chi connectivity index (χ0v) is 15.8. The third-order valence-electron chi connectivity index (χ3n) is 5.61. The Morgan fingerprint density at radius 2 is 1.95 bits per heavy atom. The zero-order chi connectivity index (χ0) is 16.0. The standard InChI is InChI=1S/C19H37NS/c1-7-17-10-8-9-16(13-20-6)11-18(21)19(17,15(4)5)12-14(2)3/h7,14-18,20-21H,1,8-13H2,2-6H3. The van der Waals surface area contributed by atoms with E-state index in [1.807, 2.05) is 0 Å². The van der Waals surface area contributed by atoms with E-state index >= 15 is 0 Å². The van der Waals surface area contributed by atoms with E-state index in [9.17, 15) is 0 Å². The van der Waals surface area contributed by atoms with Crippen molar-refractivity contribution in [2.24, 2.45) is 29.1 Å². The molecule has 0 radical (unpaired) electrons. The summed E-state index contributed by atoms with van der Waals surface area (Å²) in [6.45, 7) is 14.8. The molecule has 1 aliphatic rings. The van der Waals surface area contributed by atoms with Crippen molar-refractivity contribution in [2.75, 3.05) is 13.6 Å². The van der Waals surface area contributed by atoms with Crippen LogP contribution in [0.4, 0.5) is 0 Å². The summed E-state index contributed by atoms with van der Waals surface area (Å²) in [7, 11) is 2.07. The second kappa shape index (κ2) is 8.62. The van der Waals surface area contributed by atoms with E-state index in [4.69, 9.17) is 12.6 Å². The van der Waals surface area contributed by atoms with Crippen molar-refractivity contribution in [1.29, 1.82) is 0 Å². The Morgan fingerprint density at radius 1 is 1.29 bits per heavy atom. The van der Waals surface area contributed by atoms with Crippen LogP contribution in [0.25, 0.3) is 0 Å². The number of thiol groups is 1. The molecule has 1 saturated carbocycles. The highest BCUT2D eigenvalue weighted by molar-refractivity contribution is 7.81. The smallest absolute Gasteiger partial charge is 0.00845 e. The quantitative estimate of drug-likeness (QED) is 0.508. The first-order valence-electron chi connectivity index (χ1n) is 8.83. The van der Waals surface area contributed by atoms with Crippen molar-refractivity contribution in [2.45, 2.75) is 65.0 Å². The van der Waals surface area contributed by atoms with Crippen molar-refractivity contribution in [1.82, 2.24) is 5.32 Å². The predicted octanol–water partition coefficient (Wildman–Crippen LogP) is 5.19. The Labute approximate surface area is 138 Å². The van der Waals surface area contributed by atoms with E-state index in [0.29, 0.717) is 28.4 Å². The molecular formula is C19H37NS. The van der Waals surface area contributed by atoms with Crippen LogP contribution in [0.5, 0.6) is 0 Å². The zero-order valence-electron chi connectivity index (χ0n) is 14.9. The SMILES string of the molecule is C=CC1CCCC(CNC)CC(S)C1(CC(C)C)C(C)C. The molecule has 124 valence electrons. The number of rotatable bonds is 6. The van der Waals surface area contributed by atoms with Gasteiger partial charge in [-0.05, 0) is 68.4 Å². The highest BCUT2D eigenvalue weighted by Crippen LogP contribution is 2.52. The van der Waals surface area contributed by atoms with Crippen molar-refractivity contribution in [3.63, 3.8) is 0 Å². The van der Waals surface area contributed by atoms with Gasteiger partial charge in [-0.3, -0.25) is 0 Å². The maximum absolute atomic E-state index is 5.16. The third-order valence-corrected chi connectivity index (χ3v) is 6.30. The van der Waals surface area contributed by atoms with Crippen LogP contribution in [0.2, 0.25) is 0 Å². The number of allylic oxidation sites excluding steroid dienone is 1. The fourth-order valence-electron chi connectivity index (χ4n) is 4.65. The Morgan fingerprint density at radius 3 is 2.43 bits per heavy atom. The summed E-state index contributed by atoms with van der Waals surface area (Å²) in [5.41, 5.74) is 0.297. The van der Waals surface area contributed by atoms with Gasteiger partial charge in [0.25, 0.3) is 0 Å². The highest BCUT2D eigenvalue weighted by Gasteiger charge is 2.46. The summed E-state index contributed by atoms with van der Waals surface area (Å²) >= 11 is 5.16. The van der Waals surface area contributed by atoms with E-state index < -0.39 is 0 Å². The average molecular weight is 312 g/mol. The minimum Gasteiger partial charge on any atom is -0.319 e. The maximum Gasteiger partial charge on any atom is 0.00845 e. The van der Waals surface area contributed by atoms with E-state index in [-0.39, 0.29) is 0 Å². The summed E-state index contributed by atoms with van der Waals surface area (Å²) in [5, 5.41) is 3.85. The Kier molecular flexibility index (Phi) is 7.84. The van der Waals surface area contributed by atoms with Gasteiger partial charge in [0.05, 0.1) is 0 Å². The molecule has 21 heavy (non-hydrogen) atoms. The molecule has 0 saturated heterocycles. The van der Waals surface area contributed by atoms with Crippen LogP contribution < -0.4 is 5.32 Å². The largest absolute Gasteiger partial charge is 0.319 e. The molecule has 0 bridgehead atoms. The van der Waals surface area contributed by atoms with Gasteiger partial charge in [-0.25, -0.2) is 0 Å². The molecule has 2 heteroatoms. The second-order valence-electron chi connectivity index (χ2n) is 7.81. The van der Waals surface area contributed by atoms with Crippen molar-refractivity contribution in [3.05, 3.63) is 12.7 Å². The predicted molar refractivity (Wildman–Crippen MR) is 99.1 cm³/mol. The molecule has 1 nitrogen and oxygen atoms in total. The second-order valence-corrected chi connectivity index (χ2v) is 8.44. The van der Waals surface area contributed by atoms with Crippen LogP contribution in [0.3, 0.4) is 0 Å². The first-order valence-corrected chi connectivity index (χ1v) is 9.35. The number of hydrogen-bond donors (Lipinski definition) is 2. The fourth-order valence-corrected chi connectivity index (χ4v) is 5.54. The molecule has 0 spiro atoms. The van der Waals surface area contributed by atoms with Crippen LogP contribution in [0.15, 0.2) is 12.7 Å². The van der Waals surface area contributed by atoms with Gasteiger partial charge in [0, 0.05) is 5.25 Å². The molecule has 0 aromatic rings. The maximum atomic E-state index is 5.16. The van der Waals surface area contributed by atoms with Gasteiger partial charge in [0.1, 0.15) is 0 Å². The first kappa shape index (κ1) is 19.1. The lowest BCUT2D eigenvalue weighted by atomic mass is 9.58. The average Bonchev–Trinajstić information content (AvgIpc) is 2.39. The van der Waals surface area contributed by atoms with Crippen LogP contribution in [0, 0.1) is 29.1 Å². The topological polar surface area (TPSA) is 12.0 Å². The minimum absolute atomic E-state index is 0.297. The Hall–Kier alpha value is 0.0500. The summed E-state index contributed by atoms with van der Waals surface area (Å²) in [5.74, 6) is 2.75. The summed E-state index contributed by atoms with van der Waals surface area (Å²) in [6.07, 6.45) is 8.69. The van der Waals surface area contributed by atoms with Crippen molar-refractivity contribution < 1.29 is 0 Å². The molecule has 0 aromatic carbocycles. The normalized spacial score (nSPS) is 34.8. The molecule has 1 rings (SSSR count). The van der Waals surface area contributed by atoms with Gasteiger partial charge in [-0.15, -0.1) is 6.58 Å².